The van der Waals surface area contributed by atoms with E-state index in [1.807, 2.05) is 41.1 Å². The maximum absolute atomic E-state index is 12.5. The van der Waals surface area contributed by atoms with Gasteiger partial charge in [-0.05, 0) is 35.0 Å². The van der Waals surface area contributed by atoms with Gasteiger partial charge in [-0.1, -0.05) is 6.07 Å². The van der Waals surface area contributed by atoms with Crippen molar-refractivity contribution in [2.75, 3.05) is 7.05 Å². The lowest BCUT2D eigenvalue weighted by molar-refractivity contribution is 0.0778. The highest BCUT2D eigenvalue weighted by molar-refractivity contribution is 7.17. The molecule has 0 aliphatic heterocycles. The van der Waals surface area contributed by atoms with Crippen molar-refractivity contribution >= 4 is 38.8 Å². The van der Waals surface area contributed by atoms with Crippen LogP contribution in [0.4, 0.5) is 0 Å². The van der Waals surface area contributed by atoms with Crippen LogP contribution in [-0.2, 0) is 6.54 Å². The lowest BCUT2D eigenvalue weighted by Crippen LogP contribution is -2.26. The van der Waals surface area contributed by atoms with Crippen molar-refractivity contribution in [3.63, 3.8) is 0 Å². The molecule has 0 aliphatic rings. The summed E-state index contributed by atoms with van der Waals surface area (Å²) in [6.45, 7) is 0.490. The number of aromatic nitrogens is 3. The quantitative estimate of drug-likeness (QED) is 0.590. The molecule has 7 heteroatoms. The number of hydrogen-bond acceptors (Lipinski definition) is 4. The van der Waals surface area contributed by atoms with Crippen molar-refractivity contribution in [1.82, 2.24) is 20.1 Å². The van der Waals surface area contributed by atoms with Crippen LogP contribution in [0.2, 0.25) is 0 Å². The minimum Gasteiger partial charge on any atom is -0.350 e. The molecule has 23 heavy (non-hydrogen) atoms. The average Bonchev–Trinajstić information content (AvgIpc) is 3.28. The third kappa shape index (κ3) is 2.69. The molecule has 0 spiro atoms. The van der Waals surface area contributed by atoms with Crippen LogP contribution in [-0.4, -0.2) is 33.0 Å². The summed E-state index contributed by atoms with van der Waals surface area (Å²) in [6, 6.07) is 9.91. The molecule has 4 aromatic heterocycles. The zero-order valence-corrected chi connectivity index (χ0v) is 14.0. The molecule has 116 valence electrons. The monoisotopic (exact) mass is 342 g/mol. The molecule has 0 aliphatic carbocycles. The Hall–Kier alpha value is -2.38. The Kier molecular flexibility index (Phi) is 3.51. The molecule has 5 nitrogen and oxygen atoms in total. The molecule has 0 atom stereocenters. The summed E-state index contributed by atoms with van der Waals surface area (Å²) < 4.78 is 1.10. The number of nitrogens with zero attached hydrogens (tertiary/aromatic N) is 2. The van der Waals surface area contributed by atoms with E-state index in [4.69, 9.17) is 0 Å². The predicted octanol–water partition coefficient (Wildman–Crippen LogP) is 3.95. The molecule has 0 radical (unpaired) electrons. The third-order valence-electron chi connectivity index (χ3n) is 3.63. The Morgan fingerprint density at radius 2 is 2.17 bits per heavy atom. The highest BCUT2D eigenvalue weighted by Gasteiger charge is 2.16. The van der Waals surface area contributed by atoms with Crippen molar-refractivity contribution in [2.24, 2.45) is 0 Å². The Bertz CT molecular complexity index is 919. The fourth-order valence-corrected chi connectivity index (χ4v) is 3.96. The summed E-state index contributed by atoms with van der Waals surface area (Å²) in [5.74, 6) is -0.0272. The number of aromatic amines is 2. The first-order chi connectivity index (χ1) is 11.2. The molecule has 4 aromatic rings. The van der Waals surface area contributed by atoms with Crippen molar-refractivity contribution in [1.29, 1.82) is 0 Å². The van der Waals surface area contributed by atoms with Crippen LogP contribution in [0, 0.1) is 0 Å². The molecule has 0 bridgehead atoms. The van der Waals surface area contributed by atoms with E-state index in [0.717, 1.165) is 26.5 Å². The summed E-state index contributed by atoms with van der Waals surface area (Å²) in [4.78, 5) is 18.5. The molecule has 0 aromatic carbocycles. The van der Waals surface area contributed by atoms with Gasteiger partial charge >= 0.3 is 0 Å². The van der Waals surface area contributed by atoms with E-state index in [9.17, 15) is 4.79 Å². The highest BCUT2D eigenvalue weighted by atomic mass is 32.1. The van der Waals surface area contributed by atoms with E-state index < -0.39 is 0 Å². The van der Waals surface area contributed by atoms with Crippen molar-refractivity contribution < 1.29 is 4.79 Å². The Balaban J connectivity index is 1.50. The van der Waals surface area contributed by atoms with Crippen LogP contribution >= 0.6 is 22.7 Å². The summed E-state index contributed by atoms with van der Waals surface area (Å²) >= 11 is 3.27. The molecule has 2 N–H and O–H groups in total. The summed E-state index contributed by atoms with van der Waals surface area (Å²) in [5.41, 5.74) is 3.45. The van der Waals surface area contributed by atoms with Crippen LogP contribution in [0.25, 0.3) is 20.8 Å². The number of thiophene rings is 2. The SMILES string of the molecule is CN(Cc1cc(-c2cccs2)n[nH]1)C(=O)c1cc2sccc2[nH]1. The van der Waals surface area contributed by atoms with Gasteiger partial charge in [-0.3, -0.25) is 9.89 Å². The average molecular weight is 342 g/mol. The maximum Gasteiger partial charge on any atom is 0.270 e. The van der Waals surface area contributed by atoms with Crippen molar-refractivity contribution in [3.8, 4) is 10.6 Å². The van der Waals surface area contributed by atoms with Gasteiger partial charge in [0.25, 0.3) is 5.91 Å². The van der Waals surface area contributed by atoms with Crippen LogP contribution in [0.1, 0.15) is 16.2 Å². The Morgan fingerprint density at radius 1 is 1.26 bits per heavy atom. The van der Waals surface area contributed by atoms with E-state index in [1.54, 1.807) is 34.6 Å². The standard InChI is InChI=1S/C16H14N4OS2/c1-20(16(21)13-8-15-11(17-13)4-6-23-15)9-10-7-12(19-18-10)14-3-2-5-22-14/h2-8,17H,9H2,1H3,(H,18,19). The normalized spacial score (nSPS) is 11.2. The highest BCUT2D eigenvalue weighted by Crippen LogP contribution is 2.24. The van der Waals surface area contributed by atoms with E-state index in [0.29, 0.717) is 12.2 Å². The summed E-state index contributed by atoms with van der Waals surface area (Å²) in [6.07, 6.45) is 0. The van der Waals surface area contributed by atoms with Crippen LogP contribution in [0.15, 0.2) is 41.1 Å². The Labute approximate surface area is 140 Å². The molecule has 4 rings (SSSR count). The van der Waals surface area contributed by atoms with Crippen LogP contribution in [0.3, 0.4) is 0 Å². The van der Waals surface area contributed by atoms with E-state index in [2.05, 4.69) is 15.2 Å². The molecule has 1 amide bonds. The topological polar surface area (TPSA) is 64.8 Å². The smallest absolute Gasteiger partial charge is 0.270 e. The molecular formula is C16H14N4OS2. The Morgan fingerprint density at radius 3 is 2.96 bits per heavy atom. The van der Waals surface area contributed by atoms with Gasteiger partial charge in [0.1, 0.15) is 11.4 Å². The molecule has 0 saturated heterocycles. The second kappa shape index (κ2) is 5.68. The number of carbonyl (C=O) groups is 1. The lowest BCUT2D eigenvalue weighted by atomic mass is 10.3. The van der Waals surface area contributed by atoms with Crippen LogP contribution < -0.4 is 0 Å². The van der Waals surface area contributed by atoms with Crippen LogP contribution in [0.5, 0.6) is 0 Å². The van der Waals surface area contributed by atoms with E-state index in [1.165, 1.54) is 0 Å². The van der Waals surface area contributed by atoms with Crippen molar-refractivity contribution in [3.05, 3.63) is 52.5 Å². The first kappa shape index (κ1) is 14.2. The number of carbonyl (C=O) groups excluding carboxylic acids is 1. The van der Waals surface area contributed by atoms with Gasteiger partial charge in [0.15, 0.2) is 0 Å². The fraction of sp³-hybridized carbons (Fsp3) is 0.125. The number of hydrogen-bond donors (Lipinski definition) is 2. The second-order valence-electron chi connectivity index (χ2n) is 5.30. The number of rotatable bonds is 4. The molecule has 0 unspecified atom stereocenters. The van der Waals surface area contributed by atoms with Gasteiger partial charge in [-0.25, -0.2) is 0 Å². The first-order valence-corrected chi connectivity index (χ1v) is 8.86. The number of nitrogens with one attached hydrogen (secondary N) is 2. The van der Waals surface area contributed by atoms with E-state index >= 15 is 0 Å². The number of amides is 1. The molecule has 0 saturated carbocycles. The lowest BCUT2D eigenvalue weighted by Gasteiger charge is -2.14. The number of fused-ring (bicyclic) bond motifs is 1. The first-order valence-electron chi connectivity index (χ1n) is 7.10. The minimum atomic E-state index is -0.0272. The van der Waals surface area contributed by atoms with Gasteiger partial charge in [-0.15, -0.1) is 22.7 Å². The van der Waals surface area contributed by atoms with E-state index in [-0.39, 0.29) is 5.91 Å². The fourth-order valence-electron chi connectivity index (χ4n) is 2.49. The van der Waals surface area contributed by atoms with Crippen molar-refractivity contribution in [2.45, 2.75) is 6.54 Å². The van der Waals surface area contributed by atoms with Gasteiger partial charge in [0, 0.05) is 7.05 Å². The third-order valence-corrected chi connectivity index (χ3v) is 5.39. The maximum atomic E-state index is 12.5. The summed E-state index contributed by atoms with van der Waals surface area (Å²) in [7, 11) is 1.79. The molecule has 0 fully saturated rings. The van der Waals surface area contributed by atoms with Gasteiger partial charge in [0.2, 0.25) is 0 Å². The number of H-pyrrole nitrogens is 2. The largest absolute Gasteiger partial charge is 0.350 e. The molecule has 4 heterocycles. The second-order valence-corrected chi connectivity index (χ2v) is 7.19. The predicted molar refractivity (Wildman–Crippen MR) is 93.9 cm³/mol. The van der Waals surface area contributed by atoms with Gasteiger partial charge in [0.05, 0.1) is 27.3 Å². The summed E-state index contributed by atoms with van der Waals surface area (Å²) in [5, 5.41) is 11.4. The zero-order valence-electron chi connectivity index (χ0n) is 12.4. The zero-order chi connectivity index (χ0) is 15.8. The van der Waals surface area contributed by atoms with Gasteiger partial charge < -0.3 is 9.88 Å². The van der Waals surface area contributed by atoms with Gasteiger partial charge in [-0.2, -0.15) is 5.10 Å². The minimum absolute atomic E-state index is 0.0272. The molecular weight excluding hydrogens is 328 g/mol.